The Hall–Kier alpha value is -0.460. The number of fused-ring (bicyclic) bond motifs is 2. The van der Waals surface area contributed by atoms with Crippen molar-refractivity contribution in [1.82, 2.24) is 0 Å². The highest BCUT2D eigenvalue weighted by Crippen LogP contribution is 2.62. The van der Waals surface area contributed by atoms with E-state index in [1.807, 2.05) is 6.92 Å². The molecule has 4 heterocycles. The average Bonchev–Trinajstić information content (AvgIpc) is 2.85. The maximum atomic E-state index is 6.64. The molecular formula is C21H27BrO4. The van der Waals surface area contributed by atoms with Crippen LogP contribution in [0, 0.1) is 23.7 Å². The zero-order chi connectivity index (χ0) is 18.1. The van der Waals surface area contributed by atoms with Crippen LogP contribution in [0.15, 0.2) is 28.7 Å². The first kappa shape index (κ1) is 17.6. The van der Waals surface area contributed by atoms with E-state index < -0.39 is 11.4 Å². The predicted molar refractivity (Wildman–Crippen MR) is 99.9 cm³/mol. The lowest BCUT2D eigenvalue weighted by atomic mass is 9.57. The Labute approximate surface area is 163 Å². The fourth-order valence-corrected chi connectivity index (χ4v) is 6.20. The molecule has 4 nitrogen and oxygen atoms in total. The molecule has 8 atom stereocenters. The number of benzene rings is 1. The van der Waals surface area contributed by atoms with Crippen molar-refractivity contribution in [2.24, 2.45) is 23.7 Å². The summed E-state index contributed by atoms with van der Waals surface area (Å²) in [6.07, 6.45) is 3.95. The average molecular weight is 423 g/mol. The molecule has 5 heteroatoms. The topological polar surface area (TPSA) is 36.9 Å². The van der Waals surface area contributed by atoms with Crippen molar-refractivity contribution in [1.29, 1.82) is 0 Å². The van der Waals surface area contributed by atoms with Gasteiger partial charge in [-0.15, -0.1) is 0 Å². The van der Waals surface area contributed by atoms with Gasteiger partial charge >= 0.3 is 0 Å². The van der Waals surface area contributed by atoms with Crippen molar-refractivity contribution in [3.8, 4) is 0 Å². The Morgan fingerprint density at radius 2 is 1.77 bits per heavy atom. The summed E-state index contributed by atoms with van der Waals surface area (Å²) in [5.41, 5.74) is 0.736. The maximum Gasteiger partial charge on any atom is 0.201 e. The van der Waals surface area contributed by atoms with Gasteiger partial charge in [0.05, 0.1) is 6.10 Å². The summed E-state index contributed by atoms with van der Waals surface area (Å²) in [5.74, 6) is 1.03. The van der Waals surface area contributed by atoms with Crippen LogP contribution in [0.1, 0.15) is 58.1 Å². The Bertz CT molecular complexity index is 694. The minimum Gasteiger partial charge on any atom is -0.341 e. The highest BCUT2D eigenvalue weighted by molar-refractivity contribution is 9.10. The lowest BCUT2D eigenvalue weighted by Crippen LogP contribution is -2.69. The molecule has 142 valence electrons. The van der Waals surface area contributed by atoms with Gasteiger partial charge in [-0.05, 0) is 61.6 Å². The van der Waals surface area contributed by atoms with Crippen molar-refractivity contribution < 1.29 is 19.2 Å². The van der Waals surface area contributed by atoms with E-state index in [1.54, 1.807) is 0 Å². The Kier molecular flexibility index (Phi) is 4.08. The predicted octanol–water partition coefficient (Wildman–Crippen LogP) is 5.37. The quantitative estimate of drug-likeness (QED) is 0.569. The van der Waals surface area contributed by atoms with Crippen LogP contribution in [0.2, 0.25) is 0 Å². The van der Waals surface area contributed by atoms with Crippen LogP contribution in [0.25, 0.3) is 0 Å². The van der Waals surface area contributed by atoms with E-state index in [1.165, 1.54) is 12.0 Å². The lowest BCUT2D eigenvalue weighted by molar-refractivity contribution is -0.571. The van der Waals surface area contributed by atoms with Gasteiger partial charge in [0.25, 0.3) is 0 Å². The number of halogens is 1. The van der Waals surface area contributed by atoms with Gasteiger partial charge < -0.3 is 9.47 Å². The number of hydrogen-bond donors (Lipinski definition) is 0. The molecule has 1 saturated carbocycles. The zero-order valence-corrected chi connectivity index (χ0v) is 17.2. The molecule has 4 saturated heterocycles. The van der Waals surface area contributed by atoms with Gasteiger partial charge in [-0.2, -0.15) is 0 Å². The van der Waals surface area contributed by atoms with Crippen molar-refractivity contribution in [3.05, 3.63) is 34.3 Å². The van der Waals surface area contributed by atoms with E-state index in [9.17, 15) is 0 Å². The molecule has 1 aliphatic carbocycles. The molecule has 5 aliphatic rings. The van der Waals surface area contributed by atoms with Gasteiger partial charge in [-0.1, -0.05) is 41.9 Å². The van der Waals surface area contributed by atoms with Crippen LogP contribution in [0.5, 0.6) is 0 Å². The van der Waals surface area contributed by atoms with Crippen molar-refractivity contribution >= 4 is 15.9 Å². The van der Waals surface area contributed by atoms with Crippen LogP contribution >= 0.6 is 15.9 Å². The molecule has 0 aromatic heterocycles. The van der Waals surface area contributed by atoms with E-state index in [0.717, 1.165) is 23.7 Å². The molecule has 0 N–H and O–H groups in total. The molecule has 2 bridgehead atoms. The summed E-state index contributed by atoms with van der Waals surface area (Å²) >= 11 is 3.53. The highest BCUT2D eigenvalue weighted by Gasteiger charge is 2.69. The summed E-state index contributed by atoms with van der Waals surface area (Å²) in [7, 11) is 0. The molecule has 6 rings (SSSR count). The first-order chi connectivity index (χ1) is 12.4. The molecule has 26 heavy (non-hydrogen) atoms. The van der Waals surface area contributed by atoms with Crippen LogP contribution in [-0.4, -0.2) is 17.7 Å². The van der Waals surface area contributed by atoms with Crippen molar-refractivity contribution in [3.63, 3.8) is 0 Å². The minimum absolute atomic E-state index is 0.0179. The number of ether oxygens (including phenoxy) is 2. The van der Waals surface area contributed by atoms with Gasteiger partial charge in [0.2, 0.25) is 5.79 Å². The normalized spacial score (nSPS) is 50.2. The van der Waals surface area contributed by atoms with E-state index >= 15 is 0 Å². The third kappa shape index (κ3) is 2.40. The Morgan fingerprint density at radius 3 is 2.54 bits per heavy atom. The molecular weight excluding hydrogens is 396 g/mol. The molecule has 1 aromatic carbocycles. The van der Waals surface area contributed by atoms with E-state index in [0.29, 0.717) is 23.7 Å². The second-order valence-corrected chi connectivity index (χ2v) is 9.79. The largest absolute Gasteiger partial charge is 0.341 e. The van der Waals surface area contributed by atoms with Crippen molar-refractivity contribution in [2.45, 2.75) is 70.2 Å². The highest BCUT2D eigenvalue weighted by atomic mass is 79.9. The molecule has 0 amide bonds. The third-order valence-electron chi connectivity index (χ3n) is 7.36. The molecule has 1 aromatic rings. The fourth-order valence-electron chi connectivity index (χ4n) is 5.94. The third-order valence-corrected chi connectivity index (χ3v) is 7.89. The monoisotopic (exact) mass is 422 g/mol. The Balaban J connectivity index is 1.57. The standard InChI is InChI=1S/C21H27BrO4/c1-12-4-9-17-13(2)18(14-5-7-15(22)8-6-14)23-19-21(17)16(12)10-11-20(3,24-19)25-26-21/h5-8,12-13,16-19H,4,9-11H2,1-3H3/t12-,13-,16+,17+,18+,19-,20+,21-/m1/s1. The maximum absolute atomic E-state index is 6.64. The SMILES string of the molecule is C[C@H]1[C@@H](c2ccc(Br)cc2)O[C@@H]2O[C@]3(C)CC[C@H]4[C@H](C)CC[C@@H]1[C@@]24OO3. The van der Waals surface area contributed by atoms with Crippen LogP contribution in [0.4, 0.5) is 0 Å². The first-order valence-corrected chi connectivity index (χ1v) is 10.7. The van der Waals surface area contributed by atoms with Gasteiger partial charge in [-0.25, -0.2) is 9.78 Å². The lowest BCUT2D eigenvalue weighted by Gasteiger charge is -2.60. The van der Waals surface area contributed by atoms with E-state index in [4.69, 9.17) is 19.2 Å². The summed E-state index contributed by atoms with van der Waals surface area (Å²) in [6.45, 7) is 6.63. The minimum atomic E-state index is -0.706. The summed E-state index contributed by atoms with van der Waals surface area (Å²) in [4.78, 5) is 12.1. The molecule has 5 fully saturated rings. The summed E-state index contributed by atoms with van der Waals surface area (Å²) < 4.78 is 14.1. The first-order valence-electron chi connectivity index (χ1n) is 9.88. The second-order valence-electron chi connectivity index (χ2n) is 8.88. The summed E-state index contributed by atoms with van der Waals surface area (Å²) in [6, 6.07) is 8.48. The van der Waals surface area contributed by atoms with Gasteiger partial charge in [0.1, 0.15) is 0 Å². The smallest absolute Gasteiger partial charge is 0.201 e. The second kappa shape index (κ2) is 6.02. The fraction of sp³-hybridized carbons (Fsp3) is 0.714. The molecule has 1 spiro atoms. The van der Waals surface area contributed by atoms with Crippen LogP contribution < -0.4 is 0 Å². The Morgan fingerprint density at radius 1 is 1.00 bits per heavy atom. The van der Waals surface area contributed by atoms with Crippen LogP contribution in [0.3, 0.4) is 0 Å². The number of hydrogen-bond acceptors (Lipinski definition) is 4. The van der Waals surface area contributed by atoms with Crippen LogP contribution in [-0.2, 0) is 19.2 Å². The molecule has 0 radical (unpaired) electrons. The van der Waals surface area contributed by atoms with Crippen molar-refractivity contribution in [2.75, 3.05) is 0 Å². The van der Waals surface area contributed by atoms with Gasteiger partial charge in [0.15, 0.2) is 11.9 Å². The van der Waals surface area contributed by atoms with Gasteiger partial charge in [0, 0.05) is 16.8 Å². The van der Waals surface area contributed by atoms with E-state index in [2.05, 4.69) is 54.0 Å². The van der Waals surface area contributed by atoms with Gasteiger partial charge in [-0.3, -0.25) is 0 Å². The molecule has 4 aliphatic heterocycles. The number of rotatable bonds is 1. The zero-order valence-electron chi connectivity index (χ0n) is 15.6. The molecule has 0 unspecified atom stereocenters. The van der Waals surface area contributed by atoms with E-state index in [-0.39, 0.29) is 12.4 Å². The summed E-state index contributed by atoms with van der Waals surface area (Å²) in [5, 5.41) is 0.